The van der Waals surface area contributed by atoms with E-state index in [-0.39, 0.29) is 0 Å². The Bertz CT molecular complexity index is 1200. The average molecular weight is 353 g/mol. The second-order valence-electron chi connectivity index (χ2n) is 6.51. The minimum Gasteiger partial charge on any atom is -0.335 e. The second-order valence-corrected chi connectivity index (χ2v) is 9.32. The van der Waals surface area contributed by atoms with Gasteiger partial charge in [-0.15, -0.1) is 0 Å². The Balaban J connectivity index is 2.03. The van der Waals surface area contributed by atoms with Crippen molar-refractivity contribution in [3.05, 3.63) is 97.6 Å². The number of benzene rings is 4. The van der Waals surface area contributed by atoms with Crippen molar-refractivity contribution in [2.75, 3.05) is 0 Å². The molecule has 2 heteroatoms. The molecule has 0 aromatic heterocycles. The molecule has 0 radical (unpaired) electrons. The van der Waals surface area contributed by atoms with Gasteiger partial charge in [-0.25, -0.2) is 0 Å². The molecule has 0 unspecified atom stereocenters. The molecule has 26 heavy (non-hydrogen) atoms. The largest absolute Gasteiger partial charge is 0.335 e. The van der Waals surface area contributed by atoms with Crippen molar-refractivity contribution in [2.45, 2.75) is 0 Å². The zero-order valence-electron chi connectivity index (χ0n) is 14.4. The molecule has 1 heterocycles. The summed E-state index contributed by atoms with van der Waals surface area (Å²) in [4.78, 5) is 0. The maximum atomic E-state index is 6.58. The number of rotatable bonds is 2. The molecule has 0 N–H and O–H groups in total. The predicted molar refractivity (Wildman–Crippen MR) is 114 cm³/mol. The fourth-order valence-electron chi connectivity index (χ4n) is 3.96. The Hall–Kier alpha value is -2.89. The highest BCUT2D eigenvalue weighted by Crippen LogP contribution is 2.66. The summed E-state index contributed by atoms with van der Waals surface area (Å²) < 4.78 is 6.58. The third-order valence-electron chi connectivity index (χ3n) is 5.22. The van der Waals surface area contributed by atoms with E-state index >= 15 is 0 Å². The first-order valence-electron chi connectivity index (χ1n) is 8.67. The van der Waals surface area contributed by atoms with Gasteiger partial charge in [0.25, 0.3) is 7.49 Å². The predicted octanol–water partition coefficient (Wildman–Crippen LogP) is 6.90. The molecule has 0 saturated carbocycles. The van der Waals surface area contributed by atoms with E-state index < -0.39 is 7.49 Å². The Morgan fingerprint density at radius 2 is 1.23 bits per heavy atom. The van der Waals surface area contributed by atoms with Crippen LogP contribution in [0.5, 0.6) is 5.75 Å². The molecule has 4 aromatic rings. The second kappa shape index (κ2) is 5.56. The van der Waals surface area contributed by atoms with Crippen LogP contribution in [0.2, 0.25) is 0 Å². The monoisotopic (exact) mass is 353 g/mol. The van der Waals surface area contributed by atoms with Gasteiger partial charge in [-0.1, -0.05) is 73.8 Å². The van der Waals surface area contributed by atoms with Crippen LogP contribution in [-0.4, -0.2) is 0 Å². The highest BCUT2D eigenvalue weighted by atomic mass is 31.2. The molecule has 1 nitrogen and oxygen atoms in total. The van der Waals surface area contributed by atoms with E-state index in [2.05, 4.69) is 86.0 Å². The fourth-order valence-corrected chi connectivity index (χ4v) is 6.11. The Kier molecular flexibility index (Phi) is 3.29. The average Bonchev–Trinajstić information content (AvgIpc) is 2.72. The summed E-state index contributed by atoms with van der Waals surface area (Å²) in [5.41, 5.74) is 2.43. The molecule has 0 aliphatic carbocycles. The van der Waals surface area contributed by atoms with E-state index in [1.165, 1.54) is 38.0 Å². The third-order valence-corrected chi connectivity index (χ3v) is 7.93. The van der Waals surface area contributed by atoms with Crippen molar-refractivity contribution in [2.24, 2.45) is 0 Å². The Labute approximate surface area is 153 Å². The van der Waals surface area contributed by atoms with Gasteiger partial charge in [0.1, 0.15) is 5.30 Å². The summed E-state index contributed by atoms with van der Waals surface area (Å²) >= 11 is 0. The fraction of sp³-hybridized carbons (Fsp3) is 0. The minimum absolute atomic E-state index is 0.917. The zero-order chi connectivity index (χ0) is 17.7. The van der Waals surface area contributed by atoms with Crippen molar-refractivity contribution in [3.8, 4) is 16.9 Å². The van der Waals surface area contributed by atoms with Crippen LogP contribution in [-0.2, 0) is 0 Å². The van der Waals surface area contributed by atoms with Gasteiger partial charge in [-0.3, -0.25) is 0 Å². The maximum Gasteiger partial charge on any atom is 0.272 e. The van der Waals surface area contributed by atoms with Crippen LogP contribution in [0.15, 0.2) is 97.6 Å². The molecule has 0 bridgehead atoms. The van der Waals surface area contributed by atoms with Gasteiger partial charge < -0.3 is 4.52 Å². The Morgan fingerprint density at radius 1 is 0.654 bits per heavy atom. The van der Waals surface area contributed by atoms with E-state index in [1.807, 2.05) is 11.6 Å². The molecule has 1 aliphatic heterocycles. The highest BCUT2D eigenvalue weighted by molar-refractivity contribution is 7.84. The molecular formula is C24H18OP+. The molecule has 1 aliphatic rings. The lowest BCUT2D eigenvalue weighted by atomic mass is 9.93. The lowest BCUT2D eigenvalue weighted by Gasteiger charge is -2.29. The van der Waals surface area contributed by atoms with Crippen LogP contribution in [0.3, 0.4) is 0 Å². The zero-order valence-corrected chi connectivity index (χ0v) is 15.2. The molecule has 124 valence electrons. The summed E-state index contributed by atoms with van der Waals surface area (Å²) in [5.74, 6) is 4.82. The van der Waals surface area contributed by atoms with Crippen LogP contribution >= 0.6 is 7.49 Å². The summed E-state index contributed by atoms with van der Waals surface area (Å²) in [5, 5.41) is 6.12. The van der Waals surface area contributed by atoms with E-state index in [0.717, 1.165) is 5.75 Å². The van der Waals surface area contributed by atoms with Gasteiger partial charge in [0.05, 0.1) is 11.6 Å². The van der Waals surface area contributed by atoms with Gasteiger partial charge in [-0.05, 0) is 33.7 Å². The van der Waals surface area contributed by atoms with Crippen molar-refractivity contribution in [1.29, 1.82) is 0 Å². The van der Waals surface area contributed by atoms with Gasteiger partial charge in [0.2, 0.25) is 0 Å². The first-order valence-corrected chi connectivity index (χ1v) is 10.5. The van der Waals surface area contributed by atoms with Crippen molar-refractivity contribution in [1.82, 2.24) is 0 Å². The van der Waals surface area contributed by atoms with Crippen LogP contribution in [0.1, 0.15) is 0 Å². The topological polar surface area (TPSA) is 9.23 Å². The maximum absolute atomic E-state index is 6.58. The smallest absolute Gasteiger partial charge is 0.272 e. The van der Waals surface area contributed by atoms with Crippen molar-refractivity contribution >= 4 is 34.3 Å². The van der Waals surface area contributed by atoms with Gasteiger partial charge in [-0.2, -0.15) is 0 Å². The van der Waals surface area contributed by atoms with Gasteiger partial charge >= 0.3 is 0 Å². The van der Waals surface area contributed by atoms with Crippen LogP contribution in [0.4, 0.5) is 0 Å². The van der Waals surface area contributed by atoms with Gasteiger partial charge in [0, 0.05) is 11.1 Å². The van der Waals surface area contributed by atoms with Crippen LogP contribution in [0, 0.1) is 0 Å². The van der Waals surface area contributed by atoms with Gasteiger partial charge in [0.15, 0.2) is 5.75 Å². The lowest BCUT2D eigenvalue weighted by Crippen LogP contribution is -2.20. The summed E-state index contributed by atoms with van der Waals surface area (Å²) in [6, 6.07) is 25.6. The van der Waals surface area contributed by atoms with Crippen molar-refractivity contribution in [3.63, 3.8) is 0 Å². The summed E-state index contributed by atoms with van der Waals surface area (Å²) in [6.45, 7) is 8.19. The highest BCUT2D eigenvalue weighted by Gasteiger charge is 2.46. The number of fused-ring (bicyclic) bond motifs is 7. The molecule has 0 spiro atoms. The SMILES string of the molecule is C=C[P+]1(C=C)Oc2ccc3ccccc3c2-c2c1ccc1ccccc21. The van der Waals surface area contributed by atoms with Crippen LogP contribution in [0.25, 0.3) is 32.7 Å². The van der Waals surface area contributed by atoms with Crippen LogP contribution < -0.4 is 9.83 Å². The van der Waals surface area contributed by atoms with Crippen molar-refractivity contribution < 1.29 is 4.52 Å². The molecule has 5 rings (SSSR count). The molecule has 0 amide bonds. The van der Waals surface area contributed by atoms with E-state index in [0.29, 0.717) is 0 Å². The first kappa shape index (κ1) is 15.4. The first-order chi connectivity index (χ1) is 12.8. The quantitative estimate of drug-likeness (QED) is 0.356. The summed E-state index contributed by atoms with van der Waals surface area (Å²) in [7, 11) is -2.13. The lowest BCUT2D eigenvalue weighted by molar-refractivity contribution is 0.619. The molecule has 0 atom stereocenters. The molecule has 0 fully saturated rings. The third kappa shape index (κ3) is 1.95. The molecule has 0 saturated heterocycles. The Morgan fingerprint density at radius 3 is 1.88 bits per heavy atom. The number of hydrogen-bond donors (Lipinski definition) is 0. The van der Waals surface area contributed by atoms with E-state index in [4.69, 9.17) is 4.52 Å². The molecule has 4 aromatic carbocycles. The minimum atomic E-state index is -2.13. The number of hydrogen-bond acceptors (Lipinski definition) is 1. The standard InChI is InChI=1S/C24H18OP/c1-3-26(4-2)22-16-14-18-10-6-8-12-20(18)24(22)23-19-11-7-5-9-17(19)13-15-21(23)25-26/h3-16H,1-2H2/q+1. The molecular weight excluding hydrogens is 335 g/mol. The summed E-state index contributed by atoms with van der Waals surface area (Å²) in [6.07, 6.45) is 0. The normalized spacial score (nSPS) is 14.3. The van der Waals surface area contributed by atoms with E-state index in [9.17, 15) is 0 Å². The van der Waals surface area contributed by atoms with E-state index in [1.54, 1.807) is 0 Å².